The molecule has 0 saturated carbocycles. The van der Waals surface area contributed by atoms with E-state index in [1.807, 2.05) is 40.4 Å². The zero-order valence-corrected chi connectivity index (χ0v) is 15.4. The number of ether oxygens (including phenoxy) is 1. The monoisotopic (exact) mass is 378 g/mol. The van der Waals surface area contributed by atoms with Crippen LogP contribution in [-0.2, 0) is 4.74 Å². The van der Waals surface area contributed by atoms with Crippen molar-refractivity contribution in [3.63, 3.8) is 0 Å². The molecule has 136 valence electrons. The van der Waals surface area contributed by atoms with E-state index in [4.69, 9.17) is 4.74 Å². The van der Waals surface area contributed by atoms with E-state index >= 15 is 0 Å². The molecule has 0 aliphatic carbocycles. The normalized spacial score (nSPS) is 14.6. The molecule has 7 nitrogen and oxygen atoms in total. The first kappa shape index (κ1) is 16.2. The van der Waals surface area contributed by atoms with Gasteiger partial charge in [0, 0.05) is 48.2 Å². The van der Waals surface area contributed by atoms with Crippen LogP contribution < -0.4 is 10.2 Å². The van der Waals surface area contributed by atoms with Crippen LogP contribution >= 0.6 is 11.3 Å². The van der Waals surface area contributed by atoms with Crippen molar-refractivity contribution in [2.24, 2.45) is 0 Å². The molecule has 1 aliphatic rings. The summed E-state index contributed by atoms with van der Waals surface area (Å²) in [6, 6.07) is 10.2. The van der Waals surface area contributed by atoms with Crippen LogP contribution in [0.4, 0.5) is 17.3 Å². The Bertz CT molecular complexity index is 1040. The predicted octanol–water partition coefficient (Wildman–Crippen LogP) is 3.43. The lowest BCUT2D eigenvalue weighted by Gasteiger charge is -2.27. The average Bonchev–Trinajstić information content (AvgIpc) is 3.31. The molecule has 0 spiro atoms. The molecule has 0 amide bonds. The van der Waals surface area contributed by atoms with Crippen LogP contribution in [0.25, 0.3) is 16.2 Å². The Balaban J connectivity index is 1.38. The van der Waals surface area contributed by atoms with Crippen molar-refractivity contribution in [2.45, 2.75) is 0 Å². The van der Waals surface area contributed by atoms with Gasteiger partial charge in [-0.05, 0) is 12.1 Å². The summed E-state index contributed by atoms with van der Waals surface area (Å²) in [5, 5.41) is 5.41. The van der Waals surface area contributed by atoms with E-state index in [0.717, 1.165) is 59.8 Å². The van der Waals surface area contributed by atoms with Crippen molar-refractivity contribution >= 4 is 33.6 Å². The maximum absolute atomic E-state index is 5.41. The fourth-order valence-corrected chi connectivity index (χ4v) is 3.85. The number of aromatic nitrogens is 4. The molecule has 0 atom stereocenters. The summed E-state index contributed by atoms with van der Waals surface area (Å²) in [4.78, 5) is 16.6. The number of anilines is 3. The molecule has 1 saturated heterocycles. The number of thiazole rings is 1. The number of nitrogens with one attached hydrogen (secondary N) is 1. The number of rotatable bonds is 4. The molecule has 27 heavy (non-hydrogen) atoms. The first-order chi connectivity index (χ1) is 13.3. The summed E-state index contributed by atoms with van der Waals surface area (Å²) in [6.45, 7) is 3.17. The maximum Gasteiger partial charge on any atom is 0.194 e. The van der Waals surface area contributed by atoms with E-state index < -0.39 is 0 Å². The number of nitrogens with zero attached hydrogens (tertiary/aromatic N) is 5. The molecular weight excluding hydrogens is 360 g/mol. The van der Waals surface area contributed by atoms with Gasteiger partial charge in [0.2, 0.25) is 0 Å². The number of morpholine rings is 1. The van der Waals surface area contributed by atoms with Crippen LogP contribution in [0.15, 0.2) is 54.4 Å². The topological polar surface area (TPSA) is 67.6 Å². The number of hydrogen-bond acceptors (Lipinski definition) is 7. The Hall–Kier alpha value is -2.97. The minimum Gasteiger partial charge on any atom is -0.378 e. The molecule has 3 aromatic heterocycles. The van der Waals surface area contributed by atoms with Gasteiger partial charge >= 0.3 is 0 Å². The van der Waals surface area contributed by atoms with E-state index in [-0.39, 0.29) is 0 Å². The Morgan fingerprint density at radius 1 is 1.11 bits per heavy atom. The highest BCUT2D eigenvalue weighted by Crippen LogP contribution is 2.26. The Morgan fingerprint density at radius 3 is 2.93 bits per heavy atom. The number of imidazole rings is 1. The molecule has 1 N–H and O–H groups in total. The molecule has 1 aliphatic heterocycles. The van der Waals surface area contributed by atoms with Gasteiger partial charge in [-0.2, -0.15) is 0 Å². The molecule has 1 fully saturated rings. The summed E-state index contributed by atoms with van der Waals surface area (Å²) in [7, 11) is 0. The second-order valence-corrected chi connectivity index (χ2v) is 7.16. The highest BCUT2D eigenvalue weighted by atomic mass is 32.1. The number of hydrogen-bond donors (Lipinski definition) is 1. The van der Waals surface area contributed by atoms with E-state index in [9.17, 15) is 0 Å². The summed E-state index contributed by atoms with van der Waals surface area (Å²) < 4.78 is 7.45. The predicted molar refractivity (Wildman–Crippen MR) is 107 cm³/mol. The Kier molecular flexibility index (Phi) is 4.19. The zero-order chi connectivity index (χ0) is 18.1. The second kappa shape index (κ2) is 6.98. The quantitative estimate of drug-likeness (QED) is 0.587. The fraction of sp³-hybridized carbons (Fsp3) is 0.211. The van der Waals surface area contributed by atoms with Crippen molar-refractivity contribution in [2.75, 3.05) is 36.5 Å². The van der Waals surface area contributed by atoms with Crippen LogP contribution in [0.1, 0.15) is 0 Å². The van der Waals surface area contributed by atoms with Gasteiger partial charge in [0.15, 0.2) is 4.96 Å². The summed E-state index contributed by atoms with van der Waals surface area (Å²) in [6.07, 6.45) is 5.67. The van der Waals surface area contributed by atoms with Crippen LogP contribution in [-0.4, -0.2) is 45.7 Å². The van der Waals surface area contributed by atoms with E-state index in [1.54, 1.807) is 17.7 Å². The molecule has 8 heteroatoms. The van der Waals surface area contributed by atoms with Gasteiger partial charge in [-0.15, -0.1) is 11.3 Å². The maximum atomic E-state index is 5.41. The smallest absolute Gasteiger partial charge is 0.194 e. The Labute approximate surface area is 160 Å². The van der Waals surface area contributed by atoms with Gasteiger partial charge in [-0.3, -0.25) is 4.40 Å². The van der Waals surface area contributed by atoms with Crippen molar-refractivity contribution in [1.82, 2.24) is 19.4 Å². The minimum atomic E-state index is 0.733. The van der Waals surface area contributed by atoms with Crippen molar-refractivity contribution in [3.05, 3.63) is 54.4 Å². The van der Waals surface area contributed by atoms with E-state index in [1.165, 1.54) is 0 Å². The lowest BCUT2D eigenvalue weighted by Crippen LogP contribution is -2.36. The third-order valence-corrected chi connectivity index (χ3v) is 5.28. The molecular formula is C19H18N6OS. The molecule has 0 radical (unpaired) electrons. The summed E-state index contributed by atoms with van der Waals surface area (Å²) >= 11 is 1.63. The van der Waals surface area contributed by atoms with Gasteiger partial charge in [0.1, 0.15) is 18.0 Å². The third kappa shape index (κ3) is 3.36. The van der Waals surface area contributed by atoms with Gasteiger partial charge in [0.05, 0.1) is 18.9 Å². The second-order valence-electron chi connectivity index (χ2n) is 6.29. The van der Waals surface area contributed by atoms with E-state index in [2.05, 4.69) is 37.3 Å². The van der Waals surface area contributed by atoms with Crippen LogP contribution in [0.2, 0.25) is 0 Å². The number of benzene rings is 1. The highest BCUT2D eigenvalue weighted by Gasteiger charge is 2.13. The lowest BCUT2D eigenvalue weighted by atomic mass is 10.1. The molecule has 4 aromatic rings. The summed E-state index contributed by atoms with van der Waals surface area (Å²) in [5.41, 5.74) is 3.00. The van der Waals surface area contributed by atoms with Crippen molar-refractivity contribution in [3.8, 4) is 11.3 Å². The largest absolute Gasteiger partial charge is 0.378 e. The average molecular weight is 378 g/mol. The molecule has 5 rings (SSSR count). The highest BCUT2D eigenvalue weighted by molar-refractivity contribution is 7.15. The molecule has 0 unspecified atom stereocenters. The van der Waals surface area contributed by atoms with Crippen molar-refractivity contribution < 1.29 is 4.74 Å². The molecule has 1 aromatic carbocycles. The minimum absolute atomic E-state index is 0.733. The fourth-order valence-electron chi connectivity index (χ4n) is 3.15. The van der Waals surface area contributed by atoms with Gasteiger partial charge in [-0.1, -0.05) is 12.1 Å². The van der Waals surface area contributed by atoms with Crippen LogP contribution in [0.5, 0.6) is 0 Å². The van der Waals surface area contributed by atoms with Crippen LogP contribution in [0.3, 0.4) is 0 Å². The van der Waals surface area contributed by atoms with Crippen molar-refractivity contribution in [1.29, 1.82) is 0 Å². The lowest BCUT2D eigenvalue weighted by molar-refractivity contribution is 0.122. The molecule has 0 bridgehead atoms. The first-order valence-electron chi connectivity index (χ1n) is 8.79. The Morgan fingerprint density at radius 2 is 2.04 bits per heavy atom. The standard InChI is InChI=1S/C19H18N6OS/c1-2-14(16-12-25-6-9-27-19(25)23-16)10-15(3-1)22-17-11-18(21-13-20-17)24-4-7-26-8-5-24/h1-3,6,9-13H,4-5,7-8H2,(H,20,21,22). The first-order valence-corrected chi connectivity index (χ1v) is 9.67. The zero-order valence-electron chi connectivity index (χ0n) is 14.6. The number of fused-ring (bicyclic) bond motifs is 1. The third-order valence-electron chi connectivity index (χ3n) is 4.51. The van der Waals surface area contributed by atoms with E-state index in [0.29, 0.717) is 0 Å². The SMILES string of the molecule is c1cc(Nc2cc(N3CCOCC3)ncn2)cc(-c2cn3ccsc3n2)c1. The van der Waals surface area contributed by atoms with Gasteiger partial charge in [0.25, 0.3) is 0 Å². The van der Waals surface area contributed by atoms with Gasteiger partial charge < -0.3 is 15.0 Å². The summed E-state index contributed by atoms with van der Waals surface area (Å²) in [5.74, 6) is 1.69. The molecule has 4 heterocycles. The van der Waals surface area contributed by atoms with Gasteiger partial charge in [-0.25, -0.2) is 15.0 Å². The van der Waals surface area contributed by atoms with Crippen LogP contribution in [0, 0.1) is 0 Å².